The van der Waals surface area contributed by atoms with Crippen molar-refractivity contribution in [3.63, 3.8) is 0 Å². The van der Waals surface area contributed by atoms with Crippen LogP contribution in [-0.4, -0.2) is 72.5 Å². The van der Waals surface area contributed by atoms with Gasteiger partial charge in [0.15, 0.2) is 0 Å². The van der Waals surface area contributed by atoms with Crippen LogP contribution in [0.2, 0.25) is 5.02 Å². The van der Waals surface area contributed by atoms with Crippen LogP contribution in [0.3, 0.4) is 0 Å². The Morgan fingerprint density at radius 3 is 2.37 bits per heavy atom. The zero-order valence-corrected chi connectivity index (χ0v) is 19.0. The summed E-state index contributed by atoms with van der Waals surface area (Å²) in [5, 5.41) is 12.4. The molecule has 1 saturated heterocycles. The molecule has 1 aromatic carbocycles. The minimum atomic E-state index is -3.73. The standard InChI is InChI=1S/C18H29ClN3O3S2/c1-6-10-22(11-7-2)27(24,25)16-12-14(8-9-15(16)19)18(23)13-26-17(20(3)4)21(18)5/h8-9,12,23H,6-7,10-11,13H2,1-5H3/q+1. The number of thioether (sulfide) groups is 1. The monoisotopic (exact) mass is 434 g/mol. The largest absolute Gasteiger partial charge is 0.349 e. The van der Waals surface area contributed by atoms with Gasteiger partial charge < -0.3 is 5.11 Å². The van der Waals surface area contributed by atoms with Crippen molar-refractivity contribution in [2.24, 2.45) is 0 Å². The molecular formula is C18H29ClN3O3S2+. The van der Waals surface area contributed by atoms with E-state index in [0.29, 0.717) is 24.4 Å². The molecule has 1 atom stereocenters. The molecule has 0 spiro atoms. The highest BCUT2D eigenvalue weighted by molar-refractivity contribution is 8.13. The summed E-state index contributed by atoms with van der Waals surface area (Å²) in [6.45, 7) is 4.77. The molecule has 1 fully saturated rings. The summed E-state index contributed by atoms with van der Waals surface area (Å²) in [7, 11) is 1.89. The first kappa shape index (κ1) is 22.5. The van der Waals surface area contributed by atoms with Gasteiger partial charge in [0, 0.05) is 18.7 Å². The fourth-order valence-corrected chi connectivity index (χ4v) is 6.58. The van der Waals surface area contributed by atoms with Crippen molar-refractivity contribution in [3.8, 4) is 0 Å². The first-order valence-electron chi connectivity index (χ1n) is 9.03. The molecule has 0 amide bonds. The molecule has 0 aliphatic carbocycles. The molecule has 1 heterocycles. The molecule has 1 unspecified atom stereocenters. The number of hydrogen-bond donors (Lipinski definition) is 1. The van der Waals surface area contributed by atoms with Crippen LogP contribution in [0.15, 0.2) is 23.1 Å². The van der Waals surface area contributed by atoms with Crippen LogP contribution in [0.25, 0.3) is 0 Å². The highest BCUT2D eigenvalue weighted by Crippen LogP contribution is 2.39. The van der Waals surface area contributed by atoms with Crippen LogP contribution in [0.1, 0.15) is 32.3 Å². The van der Waals surface area contributed by atoms with Gasteiger partial charge in [0.2, 0.25) is 15.7 Å². The summed E-state index contributed by atoms with van der Waals surface area (Å²) < 4.78 is 29.8. The number of nitrogens with zero attached hydrogens (tertiary/aromatic N) is 3. The molecule has 0 aromatic heterocycles. The Hall–Kier alpha value is -0.800. The van der Waals surface area contributed by atoms with Crippen molar-refractivity contribution in [2.45, 2.75) is 37.3 Å². The van der Waals surface area contributed by atoms with Crippen molar-refractivity contribution in [1.29, 1.82) is 0 Å². The molecule has 0 bridgehead atoms. The average Bonchev–Trinajstić information content (AvgIpc) is 2.91. The van der Waals surface area contributed by atoms with Gasteiger partial charge in [-0.25, -0.2) is 13.3 Å². The fraction of sp³-hybridized carbons (Fsp3) is 0.611. The number of halogens is 1. The number of rotatable bonds is 7. The molecule has 27 heavy (non-hydrogen) atoms. The lowest BCUT2D eigenvalue weighted by atomic mass is 10.0. The predicted molar refractivity (Wildman–Crippen MR) is 112 cm³/mol. The van der Waals surface area contributed by atoms with E-state index in [4.69, 9.17) is 11.6 Å². The van der Waals surface area contributed by atoms with Crippen LogP contribution in [-0.2, 0) is 15.7 Å². The lowest BCUT2D eigenvalue weighted by Gasteiger charge is -2.27. The second-order valence-electron chi connectivity index (χ2n) is 6.89. The second-order valence-corrected chi connectivity index (χ2v) is 10.1. The summed E-state index contributed by atoms with van der Waals surface area (Å²) in [5.74, 6) is 0.408. The average molecular weight is 435 g/mol. The zero-order chi connectivity index (χ0) is 20.4. The summed E-state index contributed by atoms with van der Waals surface area (Å²) in [6, 6.07) is 4.77. The van der Waals surface area contributed by atoms with Crippen molar-refractivity contribution < 1.29 is 18.1 Å². The number of aliphatic hydroxyl groups is 1. The van der Waals surface area contributed by atoms with Crippen LogP contribution >= 0.6 is 23.4 Å². The molecule has 2 rings (SSSR count). The summed E-state index contributed by atoms with van der Waals surface area (Å²) in [4.78, 5) is 1.82. The fourth-order valence-electron chi connectivity index (χ4n) is 3.16. The summed E-state index contributed by atoms with van der Waals surface area (Å²) in [6.07, 6.45) is 1.45. The van der Waals surface area contributed by atoms with E-state index in [9.17, 15) is 13.5 Å². The van der Waals surface area contributed by atoms with Crippen molar-refractivity contribution in [1.82, 2.24) is 9.21 Å². The molecule has 6 nitrogen and oxygen atoms in total. The Bertz CT molecular complexity index is 819. The van der Waals surface area contributed by atoms with E-state index in [1.54, 1.807) is 24.1 Å². The minimum Gasteiger partial charge on any atom is -0.349 e. The van der Waals surface area contributed by atoms with Crippen LogP contribution in [0.4, 0.5) is 0 Å². The van der Waals surface area contributed by atoms with E-state index in [1.807, 2.05) is 32.5 Å². The SMILES string of the molecule is CCCN(CCC)S(=O)(=O)c1cc(C2(O)CSC(=[N+](C)C)N2C)ccc1Cl. The molecule has 1 N–H and O–H groups in total. The second kappa shape index (κ2) is 8.69. The molecule has 1 aromatic rings. The maximum absolute atomic E-state index is 13.2. The van der Waals surface area contributed by atoms with E-state index in [2.05, 4.69) is 0 Å². The molecule has 1 aliphatic heterocycles. The normalized spacial score (nSPS) is 20.6. The molecule has 9 heteroatoms. The Morgan fingerprint density at radius 2 is 1.89 bits per heavy atom. The van der Waals surface area contributed by atoms with Gasteiger partial charge in [-0.05, 0) is 36.7 Å². The Kier molecular flexibility index (Phi) is 7.24. The van der Waals surface area contributed by atoms with E-state index >= 15 is 0 Å². The first-order chi connectivity index (χ1) is 12.6. The van der Waals surface area contributed by atoms with Crippen LogP contribution in [0.5, 0.6) is 0 Å². The maximum atomic E-state index is 13.2. The van der Waals surface area contributed by atoms with Gasteiger partial charge in [0.1, 0.15) is 4.90 Å². The van der Waals surface area contributed by atoms with E-state index < -0.39 is 15.7 Å². The molecule has 152 valence electrons. The van der Waals surface area contributed by atoms with Gasteiger partial charge in [-0.3, -0.25) is 4.58 Å². The third-order valence-corrected chi connectivity index (χ3v) is 8.41. The summed E-state index contributed by atoms with van der Waals surface area (Å²) >= 11 is 7.80. The molecule has 0 saturated carbocycles. The van der Waals surface area contributed by atoms with Gasteiger partial charge >= 0.3 is 5.17 Å². The lowest BCUT2D eigenvalue weighted by molar-refractivity contribution is -0.467. The maximum Gasteiger partial charge on any atom is 0.310 e. The molecule has 1 aliphatic rings. The first-order valence-corrected chi connectivity index (χ1v) is 11.8. The van der Waals surface area contributed by atoms with E-state index in [-0.39, 0.29) is 9.92 Å². The molecule has 0 radical (unpaired) electrons. The highest BCUT2D eigenvalue weighted by atomic mass is 35.5. The van der Waals surface area contributed by atoms with Crippen molar-refractivity contribution >= 4 is 38.6 Å². The summed E-state index contributed by atoms with van der Waals surface area (Å²) in [5.41, 5.74) is -0.773. The van der Waals surface area contributed by atoms with Crippen molar-refractivity contribution in [3.05, 3.63) is 28.8 Å². The van der Waals surface area contributed by atoms with E-state index in [1.165, 1.54) is 22.1 Å². The quantitative estimate of drug-likeness (QED) is 0.668. The number of sulfonamides is 1. The van der Waals surface area contributed by atoms with Crippen LogP contribution in [0, 0.1) is 0 Å². The third kappa shape index (κ3) is 4.29. The topological polar surface area (TPSA) is 63.9 Å². The smallest absolute Gasteiger partial charge is 0.310 e. The van der Waals surface area contributed by atoms with Gasteiger partial charge in [-0.2, -0.15) is 4.31 Å². The van der Waals surface area contributed by atoms with E-state index in [0.717, 1.165) is 18.0 Å². The third-order valence-electron chi connectivity index (χ3n) is 4.58. The molecular weight excluding hydrogens is 406 g/mol. The predicted octanol–water partition coefficient (Wildman–Crippen LogP) is 2.60. The Labute approximate surface area is 171 Å². The number of amidine groups is 1. The van der Waals surface area contributed by atoms with Gasteiger partial charge in [-0.1, -0.05) is 31.5 Å². The number of hydrogen-bond acceptors (Lipinski definition) is 4. The van der Waals surface area contributed by atoms with Crippen LogP contribution < -0.4 is 0 Å². The number of benzene rings is 1. The van der Waals surface area contributed by atoms with Gasteiger partial charge in [-0.15, -0.1) is 0 Å². The minimum absolute atomic E-state index is 0.0497. The lowest BCUT2D eigenvalue weighted by Crippen LogP contribution is -2.44. The Morgan fingerprint density at radius 1 is 1.30 bits per heavy atom. The highest BCUT2D eigenvalue weighted by Gasteiger charge is 2.50. The van der Waals surface area contributed by atoms with Gasteiger partial charge in [0.05, 0.1) is 31.9 Å². The Balaban J connectivity index is 2.52. The van der Waals surface area contributed by atoms with Gasteiger partial charge in [0.25, 0.3) is 0 Å². The zero-order valence-electron chi connectivity index (χ0n) is 16.6. The van der Waals surface area contributed by atoms with Crippen molar-refractivity contribution in [2.75, 3.05) is 40.0 Å².